The summed E-state index contributed by atoms with van der Waals surface area (Å²) in [5, 5.41) is 0.809. The van der Waals surface area contributed by atoms with Gasteiger partial charge in [0.05, 0.1) is 35.0 Å². The zero-order valence-electron chi connectivity index (χ0n) is 34.6. The van der Waals surface area contributed by atoms with Crippen molar-refractivity contribution in [3.05, 3.63) is 185 Å². The van der Waals surface area contributed by atoms with Crippen LogP contribution in [0, 0.1) is 6.92 Å². The van der Waals surface area contributed by atoms with Gasteiger partial charge in [-0.15, -0.1) is 0 Å². The van der Waals surface area contributed by atoms with Gasteiger partial charge >= 0.3 is 7.82 Å². The Morgan fingerprint density at radius 2 is 1.23 bits per heavy atom. The van der Waals surface area contributed by atoms with Gasteiger partial charge in [0, 0.05) is 29.9 Å². The standard InChI is InChI=1S/C50H49O9P/c1-7-40(38-27-45(54-4)49(56-6)46(28-38)55-5)47-34(2)58-44-30-39(53-3)29-42(48(44)47)41-25-17-18-26-43(41)50(31-35-19-11-8-12-20-35,32-36-21-13-9-14-22-36)59-60(51,52)57-33-37-23-15-10-16-24-37/h7-30H,31-33H2,1-6H3,(H,51,52)/b40-7+. The maximum Gasteiger partial charge on any atom is 0.473 e. The number of hydrogen-bond acceptors (Lipinski definition) is 8. The predicted molar refractivity (Wildman–Crippen MR) is 236 cm³/mol. The topological polar surface area (TPSA) is 106 Å². The van der Waals surface area contributed by atoms with Gasteiger partial charge in [-0.1, -0.05) is 121 Å². The molecule has 1 atom stereocenters. The van der Waals surface area contributed by atoms with E-state index in [0.717, 1.165) is 49.9 Å². The van der Waals surface area contributed by atoms with E-state index in [9.17, 15) is 9.46 Å². The summed E-state index contributed by atoms with van der Waals surface area (Å²) < 4.78 is 56.6. The van der Waals surface area contributed by atoms with Crippen molar-refractivity contribution in [1.29, 1.82) is 0 Å². The van der Waals surface area contributed by atoms with Crippen molar-refractivity contribution < 1.29 is 41.9 Å². The van der Waals surface area contributed by atoms with E-state index in [-0.39, 0.29) is 19.4 Å². The maximum absolute atomic E-state index is 14.4. The second-order valence-corrected chi connectivity index (χ2v) is 15.8. The van der Waals surface area contributed by atoms with Crippen LogP contribution in [-0.4, -0.2) is 33.3 Å². The highest BCUT2D eigenvalue weighted by molar-refractivity contribution is 7.47. The lowest BCUT2D eigenvalue weighted by Crippen LogP contribution is -2.35. The van der Waals surface area contributed by atoms with E-state index in [1.807, 2.05) is 159 Å². The first-order valence-corrected chi connectivity index (χ1v) is 21.1. The Morgan fingerprint density at radius 1 is 0.683 bits per heavy atom. The number of methoxy groups -OCH3 is 4. The molecule has 60 heavy (non-hydrogen) atoms. The number of fused-ring (bicyclic) bond motifs is 1. The zero-order chi connectivity index (χ0) is 42.3. The first-order chi connectivity index (χ1) is 29.1. The minimum atomic E-state index is -4.77. The number of benzene rings is 6. The molecule has 1 aromatic heterocycles. The van der Waals surface area contributed by atoms with Crippen LogP contribution in [0.2, 0.25) is 0 Å². The van der Waals surface area contributed by atoms with E-state index in [4.69, 9.17) is 32.4 Å². The SMILES string of the molecule is C/C=C(\c1cc(OC)c(OC)c(OC)c1)c1c(C)oc2cc(OC)cc(-c3ccccc3C(Cc3ccccc3)(Cc3ccccc3)OP(=O)(O)OCc3ccccc3)c12. The van der Waals surface area contributed by atoms with E-state index >= 15 is 0 Å². The highest BCUT2D eigenvalue weighted by Crippen LogP contribution is 2.55. The number of phosphoric acid groups is 1. The average molecular weight is 825 g/mol. The molecule has 0 radical (unpaired) electrons. The van der Waals surface area contributed by atoms with Crippen molar-refractivity contribution in [2.75, 3.05) is 28.4 Å². The predicted octanol–water partition coefficient (Wildman–Crippen LogP) is 11.9. The van der Waals surface area contributed by atoms with Crippen molar-refractivity contribution in [1.82, 2.24) is 0 Å². The zero-order valence-corrected chi connectivity index (χ0v) is 35.5. The summed E-state index contributed by atoms with van der Waals surface area (Å²) >= 11 is 0. The minimum absolute atomic E-state index is 0.121. The number of phosphoric ester groups is 1. The molecule has 0 aliphatic carbocycles. The van der Waals surface area contributed by atoms with E-state index in [1.54, 1.807) is 28.4 Å². The Morgan fingerprint density at radius 3 is 1.77 bits per heavy atom. The third-order valence-electron chi connectivity index (χ3n) is 10.6. The van der Waals surface area contributed by atoms with Gasteiger partial charge in [-0.2, -0.15) is 0 Å². The fourth-order valence-corrected chi connectivity index (χ4v) is 9.01. The molecule has 1 heterocycles. The van der Waals surface area contributed by atoms with Crippen molar-refractivity contribution in [3.8, 4) is 34.1 Å². The lowest BCUT2D eigenvalue weighted by Gasteiger charge is -2.37. The number of ether oxygens (including phenoxy) is 4. The molecule has 1 N–H and O–H groups in total. The molecule has 7 rings (SSSR count). The van der Waals surface area contributed by atoms with E-state index < -0.39 is 13.4 Å². The summed E-state index contributed by atoms with van der Waals surface area (Å²) in [5.41, 5.74) is 6.39. The molecule has 7 aromatic rings. The second-order valence-electron chi connectivity index (χ2n) is 14.4. The number of hydrogen-bond donors (Lipinski definition) is 1. The Labute approximate surface area is 351 Å². The van der Waals surface area contributed by atoms with Crippen LogP contribution in [0.3, 0.4) is 0 Å². The number of furan rings is 1. The fourth-order valence-electron chi connectivity index (χ4n) is 7.98. The van der Waals surface area contributed by atoms with Gasteiger partial charge in [0.1, 0.15) is 22.7 Å². The van der Waals surface area contributed by atoms with Gasteiger partial charge in [0.25, 0.3) is 0 Å². The van der Waals surface area contributed by atoms with Gasteiger partial charge in [0.2, 0.25) is 5.75 Å². The van der Waals surface area contributed by atoms with Gasteiger partial charge in [-0.25, -0.2) is 4.57 Å². The maximum atomic E-state index is 14.4. The summed E-state index contributed by atoms with van der Waals surface area (Å²) in [4.78, 5) is 11.8. The number of aryl methyl sites for hydroxylation is 1. The van der Waals surface area contributed by atoms with Crippen molar-refractivity contribution in [2.24, 2.45) is 0 Å². The highest BCUT2D eigenvalue weighted by Gasteiger charge is 2.43. The first-order valence-electron chi connectivity index (χ1n) is 19.6. The average Bonchev–Trinajstić information content (AvgIpc) is 3.61. The number of rotatable bonds is 17. The molecule has 308 valence electrons. The molecule has 0 bridgehead atoms. The molecule has 0 aliphatic rings. The molecule has 1 unspecified atom stereocenters. The third kappa shape index (κ3) is 8.91. The van der Waals surface area contributed by atoms with Crippen LogP contribution in [0.15, 0.2) is 150 Å². The first kappa shape index (κ1) is 42.0. The van der Waals surface area contributed by atoms with Crippen molar-refractivity contribution >= 4 is 24.4 Å². The van der Waals surface area contributed by atoms with Crippen molar-refractivity contribution in [3.63, 3.8) is 0 Å². The quantitative estimate of drug-likeness (QED) is 0.0898. The van der Waals surface area contributed by atoms with E-state index in [0.29, 0.717) is 39.9 Å². The minimum Gasteiger partial charge on any atom is -0.497 e. The van der Waals surface area contributed by atoms with E-state index in [2.05, 4.69) is 0 Å². The molecule has 0 saturated carbocycles. The highest BCUT2D eigenvalue weighted by atomic mass is 31.2. The molecule has 0 spiro atoms. The molecule has 6 aromatic carbocycles. The molecule has 9 nitrogen and oxygen atoms in total. The van der Waals surface area contributed by atoms with Crippen LogP contribution >= 0.6 is 7.82 Å². The van der Waals surface area contributed by atoms with Gasteiger partial charge in [0.15, 0.2) is 11.5 Å². The summed E-state index contributed by atoms with van der Waals surface area (Å²) in [6.07, 6.45) is 2.49. The molecule has 10 heteroatoms. The summed E-state index contributed by atoms with van der Waals surface area (Å²) in [5.74, 6) is 2.74. The van der Waals surface area contributed by atoms with Crippen LogP contribution in [0.25, 0.3) is 27.7 Å². The third-order valence-corrected chi connectivity index (χ3v) is 11.6. The summed E-state index contributed by atoms with van der Waals surface area (Å²) in [7, 11) is 1.60. The lowest BCUT2D eigenvalue weighted by atomic mass is 9.78. The Bertz CT molecular complexity index is 2570. The van der Waals surface area contributed by atoms with Crippen LogP contribution in [-0.2, 0) is 38.7 Å². The van der Waals surface area contributed by atoms with Crippen LogP contribution in [0.1, 0.15) is 46.1 Å². The normalized spacial score (nSPS) is 12.9. The summed E-state index contributed by atoms with van der Waals surface area (Å²) in [6.45, 7) is 3.79. The molecule has 0 fully saturated rings. The molecule has 0 saturated heterocycles. The van der Waals surface area contributed by atoms with E-state index in [1.165, 1.54) is 0 Å². The van der Waals surface area contributed by atoms with Crippen LogP contribution in [0.5, 0.6) is 23.0 Å². The Balaban J connectivity index is 1.49. The molecule has 0 amide bonds. The molecule has 0 aliphatic heterocycles. The number of allylic oxidation sites excluding steroid dienone is 1. The smallest absolute Gasteiger partial charge is 0.473 e. The second kappa shape index (κ2) is 18.4. The van der Waals surface area contributed by atoms with Crippen LogP contribution < -0.4 is 18.9 Å². The van der Waals surface area contributed by atoms with Crippen molar-refractivity contribution in [2.45, 2.75) is 38.9 Å². The fraction of sp³-hybridized carbons (Fsp3) is 0.200. The largest absolute Gasteiger partial charge is 0.497 e. The lowest BCUT2D eigenvalue weighted by molar-refractivity contribution is 0.0161. The molecular formula is C50H49O9P. The van der Waals surface area contributed by atoms with Crippen LogP contribution in [0.4, 0.5) is 0 Å². The summed E-state index contributed by atoms with van der Waals surface area (Å²) in [6, 6.07) is 44.5. The molecular weight excluding hydrogens is 776 g/mol. The monoisotopic (exact) mass is 824 g/mol. The Kier molecular flexibility index (Phi) is 12.9. The van der Waals surface area contributed by atoms with Gasteiger partial charge in [-0.3, -0.25) is 9.05 Å². The van der Waals surface area contributed by atoms with Gasteiger partial charge < -0.3 is 28.3 Å². The Hall–Kier alpha value is -6.09. The van der Waals surface area contributed by atoms with Gasteiger partial charge in [-0.05, 0) is 76.6 Å².